The summed E-state index contributed by atoms with van der Waals surface area (Å²) in [5.74, 6) is 0.830. The van der Waals surface area contributed by atoms with Gasteiger partial charge in [0.1, 0.15) is 5.75 Å². The summed E-state index contributed by atoms with van der Waals surface area (Å²) in [5.41, 5.74) is 3.61. The molecule has 0 fully saturated rings. The van der Waals surface area contributed by atoms with Crippen molar-refractivity contribution >= 4 is 22.8 Å². The van der Waals surface area contributed by atoms with Crippen LogP contribution in [-0.4, -0.2) is 35.5 Å². The molecule has 2 heterocycles. The van der Waals surface area contributed by atoms with Crippen LogP contribution in [0.4, 0.5) is 13.2 Å². The maximum atomic E-state index is 12.6. The van der Waals surface area contributed by atoms with Crippen LogP contribution < -0.4 is 14.2 Å². The number of ether oxygens (including phenoxy) is 3. The highest BCUT2D eigenvalue weighted by Gasteiger charge is 2.32. The smallest absolute Gasteiger partial charge is 0.496 e. The van der Waals surface area contributed by atoms with E-state index >= 15 is 0 Å². The summed E-state index contributed by atoms with van der Waals surface area (Å²) in [4.78, 5) is 11.8. The van der Waals surface area contributed by atoms with Gasteiger partial charge < -0.3 is 19.2 Å². The molecule has 1 aromatic carbocycles. The zero-order valence-corrected chi connectivity index (χ0v) is 16.4. The molecule has 0 saturated heterocycles. The molecule has 150 valence electrons. The van der Waals surface area contributed by atoms with Crippen LogP contribution in [0.15, 0.2) is 23.5 Å². The fourth-order valence-corrected chi connectivity index (χ4v) is 3.69. The third-order valence-corrected chi connectivity index (χ3v) is 4.95. The van der Waals surface area contributed by atoms with Crippen LogP contribution in [0.5, 0.6) is 17.2 Å². The van der Waals surface area contributed by atoms with Crippen molar-refractivity contribution in [3.63, 3.8) is 0 Å². The van der Waals surface area contributed by atoms with E-state index in [9.17, 15) is 13.2 Å². The summed E-state index contributed by atoms with van der Waals surface area (Å²) >= 11 is 1.38. The van der Waals surface area contributed by atoms with Crippen LogP contribution >= 0.6 is 11.8 Å². The Morgan fingerprint density at radius 2 is 1.86 bits per heavy atom. The number of nitrogens with one attached hydrogen (secondary N) is 1. The molecule has 6 nitrogen and oxygen atoms in total. The third kappa shape index (κ3) is 4.27. The zero-order valence-electron chi connectivity index (χ0n) is 15.6. The number of methoxy groups -OCH3 is 2. The first-order chi connectivity index (χ1) is 13.2. The normalized spacial score (nSPS) is 11.7. The Labute approximate surface area is 163 Å². The molecule has 0 saturated carbocycles. The van der Waals surface area contributed by atoms with Gasteiger partial charge in [-0.25, -0.2) is 4.98 Å². The molecule has 0 aliphatic rings. The summed E-state index contributed by atoms with van der Waals surface area (Å²) in [6, 6.07) is 2.62. The van der Waals surface area contributed by atoms with Crippen molar-refractivity contribution < 1.29 is 27.4 Å². The van der Waals surface area contributed by atoms with Gasteiger partial charge in [0.2, 0.25) is 0 Å². The first-order valence-corrected chi connectivity index (χ1v) is 9.15. The fourth-order valence-electron chi connectivity index (χ4n) is 2.78. The minimum Gasteiger partial charge on any atom is -0.496 e. The van der Waals surface area contributed by atoms with E-state index in [2.05, 4.69) is 19.7 Å². The number of aromatic amines is 1. The summed E-state index contributed by atoms with van der Waals surface area (Å²) < 4.78 is 52.1. The molecule has 0 bridgehead atoms. The van der Waals surface area contributed by atoms with E-state index < -0.39 is 12.1 Å². The van der Waals surface area contributed by atoms with Crippen LogP contribution in [0, 0.1) is 13.8 Å². The van der Waals surface area contributed by atoms with E-state index in [0.29, 0.717) is 21.9 Å². The number of nitrogens with zero attached hydrogens (tertiary/aromatic N) is 2. The Hall–Kier alpha value is -2.62. The number of benzene rings is 1. The lowest BCUT2D eigenvalue weighted by atomic mass is 10.1. The van der Waals surface area contributed by atoms with Crippen molar-refractivity contribution in [3.05, 3.63) is 35.2 Å². The molecule has 28 heavy (non-hydrogen) atoms. The number of imidazole rings is 1. The van der Waals surface area contributed by atoms with E-state index in [1.165, 1.54) is 31.0 Å². The van der Waals surface area contributed by atoms with Gasteiger partial charge in [0.25, 0.3) is 0 Å². The Bertz CT molecular complexity index is 1010. The quantitative estimate of drug-likeness (QED) is 0.587. The molecular weight excluding hydrogens is 395 g/mol. The maximum absolute atomic E-state index is 12.6. The lowest BCUT2D eigenvalue weighted by Gasteiger charge is -2.12. The second kappa shape index (κ2) is 7.78. The molecule has 0 aliphatic heterocycles. The van der Waals surface area contributed by atoms with E-state index in [-0.39, 0.29) is 5.75 Å². The lowest BCUT2D eigenvalue weighted by Crippen LogP contribution is -2.17. The maximum Gasteiger partial charge on any atom is 0.573 e. The van der Waals surface area contributed by atoms with Gasteiger partial charge in [-0.05, 0) is 13.8 Å². The molecule has 1 N–H and O–H groups in total. The number of halogens is 3. The molecule has 3 rings (SSSR count). The Balaban J connectivity index is 1.85. The van der Waals surface area contributed by atoms with Crippen LogP contribution in [0.2, 0.25) is 0 Å². The van der Waals surface area contributed by atoms with E-state index in [0.717, 1.165) is 22.6 Å². The molecule has 10 heteroatoms. The van der Waals surface area contributed by atoms with Crippen molar-refractivity contribution in [2.75, 3.05) is 14.2 Å². The molecule has 2 aromatic heterocycles. The van der Waals surface area contributed by atoms with Gasteiger partial charge in [-0.1, -0.05) is 11.8 Å². The highest BCUT2D eigenvalue weighted by atomic mass is 32.2. The van der Waals surface area contributed by atoms with Gasteiger partial charge in [0.05, 0.1) is 30.9 Å². The van der Waals surface area contributed by atoms with Crippen molar-refractivity contribution in [3.8, 4) is 17.2 Å². The topological polar surface area (TPSA) is 69.3 Å². The number of fused-ring (bicyclic) bond motifs is 1. The average molecular weight is 413 g/mol. The largest absolute Gasteiger partial charge is 0.573 e. The van der Waals surface area contributed by atoms with Crippen LogP contribution in [0.3, 0.4) is 0 Å². The Kier molecular flexibility index (Phi) is 5.59. The number of pyridine rings is 1. The van der Waals surface area contributed by atoms with Gasteiger partial charge in [0, 0.05) is 35.2 Å². The van der Waals surface area contributed by atoms with Crippen molar-refractivity contribution in [2.24, 2.45) is 0 Å². The van der Waals surface area contributed by atoms with Gasteiger partial charge in [-0.2, -0.15) is 0 Å². The second-order valence-corrected chi connectivity index (χ2v) is 6.91. The van der Waals surface area contributed by atoms with Crippen LogP contribution in [-0.2, 0) is 5.75 Å². The van der Waals surface area contributed by atoms with Crippen molar-refractivity contribution in [1.29, 1.82) is 0 Å². The standard InChI is InChI=1S/C18H18F3N3O3S/c1-9-7-22-13(10(2)16(9)26-4)8-28-17-23-11-5-14(25-3)15(6-12(11)24-17)27-18(19,20)21/h5-7H,8H2,1-4H3,(H,23,24). The van der Waals surface area contributed by atoms with Gasteiger partial charge >= 0.3 is 6.36 Å². The van der Waals surface area contributed by atoms with Crippen molar-refractivity contribution in [1.82, 2.24) is 15.0 Å². The number of rotatable bonds is 6. The number of thioether (sulfide) groups is 1. The molecule has 3 aromatic rings. The van der Waals surface area contributed by atoms with Crippen LogP contribution in [0.1, 0.15) is 16.8 Å². The molecule has 0 unspecified atom stereocenters. The molecule has 0 aliphatic carbocycles. The van der Waals surface area contributed by atoms with Crippen LogP contribution in [0.25, 0.3) is 11.0 Å². The first-order valence-electron chi connectivity index (χ1n) is 8.17. The number of aromatic nitrogens is 3. The summed E-state index contributed by atoms with van der Waals surface area (Å²) in [6.45, 7) is 3.85. The SMILES string of the molecule is COc1cc2nc(SCc3ncc(C)c(OC)c3C)[nH]c2cc1OC(F)(F)F. The minimum atomic E-state index is -4.81. The first kappa shape index (κ1) is 20.1. The number of aryl methyl sites for hydroxylation is 1. The average Bonchev–Trinajstić information content (AvgIpc) is 3.01. The number of alkyl halides is 3. The number of H-pyrrole nitrogens is 1. The number of hydrogen-bond acceptors (Lipinski definition) is 6. The van der Waals surface area contributed by atoms with Crippen molar-refractivity contribution in [2.45, 2.75) is 31.1 Å². The van der Waals surface area contributed by atoms with E-state index in [1.54, 1.807) is 13.3 Å². The molecule has 0 radical (unpaired) electrons. The monoisotopic (exact) mass is 413 g/mol. The fraction of sp³-hybridized carbons (Fsp3) is 0.333. The summed E-state index contributed by atoms with van der Waals surface area (Å²) in [7, 11) is 2.88. The highest BCUT2D eigenvalue weighted by Crippen LogP contribution is 2.36. The number of hydrogen-bond donors (Lipinski definition) is 1. The highest BCUT2D eigenvalue weighted by molar-refractivity contribution is 7.98. The molecule has 0 amide bonds. The van der Waals surface area contributed by atoms with E-state index in [1.807, 2.05) is 13.8 Å². The predicted molar refractivity (Wildman–Crippen MR) is 99.2 cm³/mol. The van der Waals surface area contributed by atoms with Gasteiger partial charge in [-0.15, -0.1) is 13.2 Å². The lowest BCUT2D eigenvalue weighted by molar-refractivity contribution is -0.275. The summed E-state index contributed by atoms with van der Waals surface area (Å²) in [6.07, 6.45) is -3.07. The molecule has 0 atom stereocenters. The van der Waals surface area contributed by atoms with E-state index in [4.69, 9.17) is 9.47 Å². The Morgan fingerprint density at radius 3 is 2.50 bits per heavy atom. The van der Waals surface area contributed by atoms with Gasteiger partial charge in [0.15, 0.2) is 16.7 Å². The van der Waals surface area contributed by atoms with Gasteiger partial charge in [-0.3, -0.25) is 4.98 Å². The molecular formula is C18H18F3N3O3S. The Morgan fingerprint density at radius 1 is 1.11 bits per heavy atom. The molecule has 0 spiro atoms. The zero-order chi connectivity index (χ0) is 20.5. The summed E-state index contributed by atoms with van der Waals surface area (Å²) in [5, 5.41) is 0.543. The third-order valence-electron chi connectivity index (χ3n) is 4.07. The minimum absolute atomic E-state index is 0.0475. The second-order valence-electron chi connectivity index (χ2n) is 5.94. The predicted octanol–water partition coefficient (Wildman–Crippen LogP) is 4.78.